The van der Waals surface area contributed by atoms with Gasteiger partial charge in [0.25, 0.3) is 5.91 Å². The Morgan fingerprint density at radius 2 is 1.85 bits per heavy atom. The molecule has 0 unspecified atom stereocenters. The van der Waals surface area contributed by atoms with Gasteiger partial charge in [-0.05, 0) is 24.9 Å². The first-order valence-electron chi connectivity index (χ1n) is 9.40. The Labute approximate surface area is 157 Å². The van der Waals surface area contributed by atoms with Gasteiger partial charge in [-0.3, -0.25) is 9.69 Å². The maximum absolute atomic E-state index is 12.5. The van der Waals surface area contributed by atoms with Gasteiger partial charge in [-0.15, -0.1) is 10.2 Å². The fourth-order valence-electron chi connectivity index (χ4n) is 3.74. The normalized spacial score (nSPS) is 19.6. The molecule has 2 aromatic rings. The van der Waals surface area contributed by atoms with E-state index in [1.54, 1.807) is 6.92 Å². The molecule has 0 saturated carbocycles. The lowest BCUT2D eigenvalue weighted by Crippen LogP contribution is -2.39. The summed E-state index contributed by atoms with van der Waals surface area (Å²) in [7, 11) is 2.03. The van der Waals surface area contributed by atoms with Crippen LogP contribution >= 0.6 is 0 Å². The predicted molar refractivity (Wildman–Crippen MR) is 94.0 cm³/mol. The number of aryl methyl sites for hydroxylation is 1. The molecule has 0 radical (unpaired) electrons. The molecule has 2 aliphatic heterocycles. The van der Waals surface area contributed by atoms with Gasteiger partial charge in [-0.25, -0.2) is 4.63 Å². The molecule has 0 aliphatic carbocycles. The summed E-state index contributed by atoms with van der Waals surface area (Å²) >= 11 is 0. The zero-order valence-electron chi connectivity index (χ0n) is 15.8. The summed E-state index contributed by atoms with van der Waals surface area (Å²) in [6, 6.07) is 0. The second kappa shape index (κ2) is 7.73. The van der Waals surface area contributed by atoms with Gasteiger partial charge >= 0.3 is 0 Å². The first kappa shape index (κ1) is 18.1. The van der Waals surface area contributed by atoms with Crippen LogP contribution in [0.1, 0.15) is 46.6 Å². The van der Waals surface area contributed by atoms with E-state index in [1.165, 1.54) is 0 Å². The molecule has 4 rings (SSSR count). The van der Waals surface area contributed by atoms with E-state index in [2.05, 4.69) is 34.6 Å². The molecule has 10 nitrogen and oxygen atoms in total. The van der Waals surface area contributed by atoms with Crippen LogP contribution in [0.3, 0.4) is 0 Å². The van der Waals surface area contributed by atoms with E-state index in [-0.39, 0.29) is 5.91 Å². The molecule has 0 spiro atoms. The van der Waals surface area contributed by atoms with E-state index in [9.17, 15) is 4.79 Å². The monoisotopic (exact) mass is 375 g/mol. The minimum absolute atomic E-state index is 0.113. The predicted octanol–water partition coefficient (Wildman–Crippen LogP) is 0.359. The molecule has 10 heteroatoms. The number of piperidine rings is 1. The SMILES string of the molecule is Cc1nonc1C(=O)N1CCC(c2nnc(CN3CCOCC3)n2C)CC1. The van der Waals surface area contributed by atoms with Crippen molar-refractivity contribution < 1.29 is 14.2 Å². The van der Waals surface area contributed by atoms with Gasteiger partial charge < -0.3 is 14.2 Å². The highest BCUT2D eigenvalue weighted by Crippen LogP contribution is 2.27. The summed E-state index contributed by atoms with van der Waals surface area (Å²) in [4.78, 5) is 16.7. The average Bonchev–Trinajstić information content (AvgIpc) is 3.28. The smallest absolute Gasteiger partial charge is 0.278 e. The van der Waals surface area contributed by atoms with Crippen molar-refractivity contribution in [1.82, 2.24) is 34.9 Å². The zero-order chi connectivity index (χ0) is 18.8. The summed E-state index contributed by atoms with van der Waals surface area (Å²) in [5.74, 6) is 2.18. The second-order valence-corrected chi connectivity index (χ2v) is 7.19. The van der Waals surface area contributed by atoms with Gasteiger partial charge in [0.2, 0.25) is 0 Å². The fraction of sp³-hybridized carbons (Fsp3) is 0.706. The second-order valence-electron chi connectivity index (χ2n) is 7.19. The van der Waals surface area contributed by atoms with Crippen molar-refractivity contribution in [3.63, 3.8) is 0 Å². The van der Waals surface area contributed by atoms with Crippen molar-refractivity contribution in [3.8, 4) is 0 Å². The van der Waals surface area contributed by atoms with Gasteiger partial charge in [-0.1, -0.05) is 5.16 Å². The summed E-state index contributed by atoms with van der Waals surface area (Å²) in [6.45, 7) is 7.27. The summed E-state index contributed by atoms with van der Waals surface area (Å²) in [6.07, 6.45) is 1.72. The van der Waals surface area contributed by atoms with Crippen molar-refractivity contribution >= 4 is 5.91 Å². The van der Waals surface area contributed by atoms with Crippen LogP contribution in [0.4, 0.5) is 0 Å². The minimum Gasteiger partial charge on any atom is -0.379 e. The molecule has 0 N–H and O–H groups in total. The fourth-order valence-corrected chi connectivity index (χ4v) is 3.74. The Kier molecular flexibility index (Phi) is 5.17. The molecule has 2 aliphatic rings. The van der Waals surface area contributed by atoms with Crippen LogP contribution in [0, 0.1) is 6.92 Å². The number of nitrogens with zero attached hydrogens (tertiary/aromatic N) is 7. The van der Waals surface area contributed by atoms with Crippen molar-refractivity contribution in [3.05, 3.63) is 23.0 Å². The Balaban J connectivity index is 1.37. The van der Waals surface area contributed by atoms with E-state index < -0.39 is 0 Å². The maximum Gasteiger partial charge on any atom is 0.278 e. The molecule has 1 amide bonds. The first-order chi connectivity index (χ1) is 13.1. The lowest BCUT2D eigenvalue weighted by atomic mass is 9.95. The Morgan fingerprint density at radius 3 is 2.52 bits per heavy atom. The number of likely N-dealkylation sites (tertiary alicyclic amines) is 1. The molecule has 2 saturated heterocycles. The Bertz CT molecular complexity index is 788. The van der Waals surface area contributed by atoms with Crippen molar-refractivity contribution in [2.45, 2.75) is 32.2 Å². The van der Waals surface area contributed by atoms with Crippen LogP contribution < -0.4 is 0 Å². The summed E-state index contributed by atoms with van der Waals surface area (Å²) < 4.78 is 12.2. The summed E-state index contributed by atoms with van der Waals surface area (Å²) in [5, 5.41) is 16.3. The van der Waals surface area contributed by atoms with Crippen molar-refractivity contribution in [2.75, 3.05) is 39.4 Å². The van der Waals surface area contributed by atoms with Gasteiger partial charge in [0.1, 0.15) is 17.3 Å². The molecule has 2 aromatic heterocycles. The van der Waals surface area contributed by atoms with E-state index in [1.807, 2.05) is 11.9 Å². The molecule has 146 valence electrons. The van der Waals surface area contributed by atoms with Crippen molar-refractivity contribution in [1.29, 1.82) is 0 Å². The Hall–Kier alpha value is -2.33. The van der Waals surface area contributed by atoms with Crippen molar-refractivity contribution in [2.24, 2.45) is 7.05 Å². The highest BCUT2D eigenvalue weighted by atomic mass is 16.6. The van der Waals surface area contributed by atoms with E-state index in [0.29, 0.717) is 30.4 Å². The van der Waals surface area contributed by atoms with Crippen LogP contribution in [0.2, 0.25) is 0 Å². The van der Waals surface area contributed by atoms with E-state index >= 15 is 0 Å². The Morgan fingerprint density at radius 1 is 1.11 bits per heavy atom. The number of amides is 1. The molecule has 2 fully saturated rings. The number of carbonyl (C=O) groups excluding carboxylic acids is 1. The first-order valence-corrected chi connectivity index (χ1v) is 9.40. The number of morpholine rings is 1. The van der Waals surface area contributed by atoms with Crippen LogP contribution in [0.15, 0.2) is 4.63 Å². The number of hydrogen-bond acceptors (Lipinski definition) is 8. The quantitative estimate of drug-likeness (QED) is 0.755. The molecule has 0 bridgehead atoms. The highest BCUT2D eigenvalue weighted by molar-refractivity contribution is 5.93. The summed E-state index contributed by atoms with van der Waals surface area (Å²) in [5.41, 5.74) is 0.836. The number of aromatic nitrogens is 5. The van der Waals surface area contributed by atoms with Crippen LogP contribution in [0.5, 0.6) is 0 Å². The lowest BCUT2D eigenvalue weighted by Gasteiger charge is -2.31. The zero-order valence-corrected chi connectivity index (χ0v) is 15.8. The third kappa shape index (κ3) is 3.72. The number of hydrogen-bond donors (Lipinski definition) is 0. The van der Waals surface area contributed by atoms with Crippen LogP contribution in [0.25, 0.3) is 0 Å². The molecule has 0 atom stereocenters. The molecular weight excluding hydrogens is 350 g/mol. The third-order valence-corrected chi connectivity index (χ3v) is 5.47. The van der Waals surface area contributed by atoms with E-state index in [0.717, 1.165) is 57.3 Å². The van der Waals surface area contributed by atoms with Gasteiger partial charge in [0.05, 0.1) is 19.8 Å². The van der Waals surface area contributed by atoms with Gasteiger partial charge in [0, 0.05) is 39.1 Å². The molecule has 4 heterocycles. The topological polar surface area (TPSA) is 102 Å². The van der Waals surface area contributed by atoms with Crippen LogP contribution in [-0.2, 0) is 18.3 Å². The maximum atomic E-state index is 12.5. The highest BCUT2D eigenvalue weighted by Gasteiger charge is 2.30. The number of ether oxygens (including phenoxy) is 1. The largest absolute Gasteiger partial charge is 0.379 e. The van der Waals surface area contributed by atoms with E-state index in [4.69, 9.17) is 4.74 Å². The van der Waals surface area contributed by atoms with Gasteiger partial charge in [-0.2, -0.15) is 0 Å². The van der Waals surface area contributed by atoms with Crippen LogP contribution in [-0.4, -0.2) is 80.2 Å². The van der Waals surface area contributed by atoms with Gasteiger partial charge in [0.15, 0.2) is 5.69 Å². The average molecular weight is 375 g/mol. The standard InChI is InChI=1S/C17H25N7O3/c1-12-15(21-27-20-12)17(25)24-5-3-13(4-6-24)16-19-18-14(22(16)2)11-23-7-9-26-10-8-23/h13H,3-11H2,1-2H3. The lowest BCUT2D eigenvalue weighted by molar-refractivity contribution is 0.0326. The molecular formula is C17H25N7O3. The third-order valence-electron chi connectivity index (χ3n) is 5.47. The number of rotatable bonds is 4. The molecule has 0 aromatic carbocycles. The molecule has 27 heavy (non-hydrogen) atoms. The minimum atomic E-state index is -0.113. The number of carbonyl (C=O) groups is 1.